The average Bonchev–Trinajstić information content (AvgIpc) is 3.11. The smallest absolute Gasteiger partial charge is 0.261 e. The van der Waals surface area contributed by atoms with Crippen molar-refractivity contribution < 1.29 is 4.79 Å². The molecule has 0 saturated heterocycles. The van der Waals surface area contributed by atoms with Crippen molar-refractivity contribution in [3.05, 3.63) is 21.4 Å². The second-order valence-corrected chi connectivity index (χ2v) is 5.78. The summed E-state index contributed by atoms with van der Waals surface area (Å²) in [6.45, 7) is 4.39. The van der Waals surface area contributed by atoms with Gasteiger partial charge in [0.15, 0.2) is 0 Å². The van der Waals surface area contributed by atoms with Gasteiger partial charge in [0, 0.05) is 6.04 Å². The van der Waals surface area contributed by atoms with Crippen LogP contribution in [-0.2, 0) is 0 Å². The summed E-state index contributed by atoms with van der Waals surface area (Å²) >= 11 is 1.44. The molecular formula is C14H18N2OS. The van der Waals surface area contributed by atoms with Crippen molar-refractivity contribution in [2.45, 2.75) is 32.7 Å². The highest BCUT2D eigenvalue weighted by Gasteiger charge is 2.29. The molecule has 18 heavy (non-hydrogen) atoms. The van der Waals surface area contributed by atoms with Crippen LogP contribution in [0.5, 0.6) is 0 Å². The first-order valence-electron chi connectivity index (χ1n) is 6.22. The highest BCUT2D eigenvalue weighted by atomic mass is 32.1. The molecule has 2 rings (SSSR count). The lowest BCUT2D eigenvalue weighted by molar-refractivity contribution is 0.0940. The predicted molar refractivity (Wildman–Crippen MR) is 74.6 cm³/mol. The molecule has 1 fully saturated rings. The molecule has 0 aliphatic heterocycles. The third kappa shape index (κ3) is 3.12. The first-order valence-corrected chi connectivity index (χ1v) is 7.03. The van der Waals surface area contributed by atoms with E-state index in [0.29, 0.717) is 12.5 Å². The Hall–Kier alpha value is -1.31. The van der Waals surface area contributed by atoms with Crippen molar-refractivity contribution in [2.24, 2.45) is 11.7 Å². The third-order valence-corrected chi connectivity index (χ3v) is 4.28. The Bertz CT molecular complexity index is 506. The van der Waals surface area contributed by atoms with E-state index >= 15 is 0 Å². The molecule has 1 unspecified atom stereocenters. The normalized spacial score (nSPS) is 15.7. The van der Waals surface area contributed by atoms with E-state index in [1.807, 2.05) is 13.0 Å². The molecule has 4 heteroatoms. The van der Waals surface area contributed by atoms with Gasteiger partial charge in [-0.3, -0.25) is 4.79 Å². The van der Waals surface area contributed by atoms with Gasteiger partial charge in [0.1, 0.15) is 0 Å². The summed E-state index contributed by atoms with van der Waals surface area (Å²) in [7, 11) is 0. The minimum absolute atomic E-state index is 0.0169. The van der Waals surface area contributed by atoms with Crippen LogP contribution in [0.15, 0.2) is 6.07 Å². The SMILES string of the molecule is Cc1cc(C(=O)NC(C)C2CC2)sc1C#CCN. The van der Waals surface area contributed by atoms with Crippen LogP contribution in [0.4, 0.5) is 0 Å². The molecule has 3 N–H and O–H groups in total. The first-order chi connectivity index (χ1) is 8.61. The number of rotatable bonds is 3. The molecule has 1 amide bonds. The lowest BCUT2D eigenvalue weighted by atomic mass is 10.2. The van der Waals surface area contributed by atoms with Gasteiger partial charge in [0.25, 0.3) is 5.91 Å². The first kappa shape index (κ1) is 13.1. The van der Waals surface area contributed by atoms with Crippen LogP contribution in [0.25, 0.3) is 0 Å². The Labute approximate surface area is 112 Å². The molecule has 0 radical (unpaired) electrons. The van der Waals surface area contributed by atoms with Gasteiger partial charge >= 0.3 is 0 Å². The van der Waals surface area contributed by atoms with Crippen LogP contribution in [-0.4, -0.2) is 18.5 Å². The van der Waals surface area contributed by atoms with E-state index in [1.165, 1.54) is 24.2 Å². The highest BCUT2D eigenvalue weighted by Crippen LogP contribution is 2.32. The quantitative estimate of drug-likeness (QED) is 0.817. The van der Waals surface area contributed by atoms with Crippen LogP contribution in [0.3, 0.4) is 0 Å². The van der Waals surface area contributed by atoms with Crippen LogP contribution < -0.4 is 11.1 Å². The van der Waals surface area contributed by atoms with Crippen LogP contribution in [0.2, 0.25) is 0 Å². The zero-order valence-corrected chi connectivity index (χ0v) is 11.6. The molecule has 1 atom stereocenters. The van der Waals surface area contributed by atoms with Gasteiger partial charge in [0.2, 0.25) is 0 Å². The summed E-state index contributed by atoms with van der Waals surface area (Å²) < 4.78 is 0. The van der Waals surface area contributed by atoms with E-state index in [0.717, 1.165) is 15.3 Å². The molecule has 1 aromatic rings. The average molecular weight is 262 g/mol. The molecule has 0 bridgehead atoms. The molecule has 1 aromatic heterocycles. The molecule has 1 aliphatic rings. The van der Waals surface area contributed by atoms with E-state index < -0.39 is 0 Å². The molecule has 1 aliphatic carbocycles. The van der Waals surface area contributed by atoms with Crippen molar-refractivity contribution in [3.8, 4) is 11.8 Å². The van der Waals surface area contributed by atoms with Crippen molar-refractivity contribution >= 4 is 17.2 Å². The van der Waals surface area contributed by atoms with Crippen molar-refractivity contribution in [1.29, 1.82) is 0 Å². The Kier molecular flexibility index (Phi) is 4.05. The van der Waals surface area contributed by atoms with Crippen LogP contribution in [0, 0.1) is 24.7 Å². The fraction of sp³-hybridized carbons (Fsp3) is 0.500. The predicted octanol–water partition coefficient (Wildman–Crippen LogP) is 1.90. The maximum absolute atomic E-state index is 12.1. The molecule has 96 valence electrons. The molecule has 0 aromatic carbocycles. The number of thiophene rings is 1. The van der Waals surface area contributed by atoms with Gasteiger partial charge in [-0.25, -0.2) is 0 Å². The maximum Gasteiger partial charge on any atom is 0.261 e. The number of amides is 1. The minimum atomic E-state index is 0.0169. The number of nitrogens with one attached hydrogen (secondary N) is 1. The van der Waals surface area contributed by atoms with Gasteiger partial charge in [-0.2, -0.15) is 0 Å². The fourth-order valence-electron chi connectivity index (χ4n) is 1.84. The number of carbonyl (C=O) groups excluding carboxylic acids is 1. The lowest BCUT2D eigenvalue weighted by Gasteiger charge is -2.11. The van der Waals surface area contributed by atoms with Crippen LogP contribution in [0.1, 0.15) is 39.9 Å². The topological polar surface area (TPSA) is 55.1 Å². The second kappa shape index (κ2) is 5.55. The fourth-order valence-corrected chi connectivity index (χ4v) is 2.79. The van der Waals surface area contributed by atoms with E-state index in [9.17, 15) is 4.79 Å². The highest BCUT2D eigenvalue weighted by molar-refractivity contribution is 7.14. The van der Waals surface area contributed by atoms with Gasteiger partial charge < -0.3 is 11.1 Å². The molecule has 3 nitrogen and oxygen atoms in total. The van der Waals surface area contributed by atoms with E-state index in [2.05, 4.69) is 24.1 Å². The summed E-state index contributed by atoms with van der Waals surface area (Å²) in [4.78, 5) is 13.7. The molecule has 0 spiro atoms. The summed E-state index contributed by atoms with van der Waals surface area (Å²) in [5, 5.41) is 3.05. The van der Waals surface area contributed by atoms with Gasteiger partial charge in [-0.1, -0.05) is 11.8 Å². The Balaban J connectivity index is 2.05. The zero-order valence-electron chi connectivity index (χ0n) is 10.7. The number of hydrogen-bond acceptors (Lipinski definition) is 3. The summed E-state index contributed by atoms with van der Waals surface area (Å²) in [5.41, 5.74) is 6.40. The standard InChI is InChI=1S/C14H18N2OS/c1-9-8-13(18-12(9)4-3-7-15)14(17)16-10(2)11-5-6-11/h8,10-11H,5-7,15H2,1-2H3,(H,16,17). The number of aryl methyl sites for hydroxylation is 1. The second-order valence-electron chi connectivity index (χ2n) is 4.73. The third-order valence-electron chi connectivity index (χ3n) is 3.13. The van der Waals surface area contributed by atoms with E-state index in [-0.39, 0.29) is 11.9 Å². The molecule has 1 saturated carbocycles. The van der Waals surface area contributed by atoms with E-state index in [4.69, 9.17) is 5.73 Å². The maximum atomic E-state index is 12.1. The minimum Gasteiger partial charge on any atom is -0.349 e. The summed E-state index contributed by atoms with van der Waals surface area (Å²) in [6.07, 6.45) is 2.47. The number of nitrogens with two attached hydrogens (primary N) is 1. The van der Waals surface area contributed by atoms with Gasteiger partial charge in [-0.15, -0.1) is 11.3 Å². The summed E-state index contributed by atoms with van der Waals surface area (Å²) in [5.74, 6) is 6.51. The van der Waals surface area contributed by atoms with Crippen molar-refractivity contribution in [3.63, 3.8) is 0 Å². The van der Waals surface area contributed by atoms with Crippen molar-refractivity contribution in [1.82, 2.24) is 5.32 Å². The zero-order chi connectivity index (χ0) is 13.1. The van der Waals surface area contributed by atoms with Crippen LogP contribution >= 0.6 is 11.3 Å². The lowest BCUT2D eigenvalue weighted by Crippen LogP contribution is -2.33. The largest absolute Gasteiger partial charge is 0.349 e. The Morgan fingerprint density at radius 3 is 3.00 bits per heavy atom. The monoisotopic (exact) mass is 262 g/mol. The Morgan fingerprint density at radius 2 is 2.39 bits per heavy atom. The van der Waals surface area contributed by atoms with Gasteiger partial charge in [0.05, 0.1) is 16.3 Å². The Morgan fingerprint density at radius 1 is 1.67 bits per heavy atom. The number of carbonyl (C=O) groups is 1. The molecular weight excluding hydrogens is 244 g/mol. The molecule has 1 heterocycles. The van der Waals surface area contributed by atoms with Gasteiger partial charge in [-0.05, 0) is 44.2 Å². The number of hydrogen-bond donors (Lipinski definition) is 2. The van der Waals surface area contributed by atoms with E-state index in [1.54, 1.807) is 0 Å². The van der Waals surface area contributed by atoms with Crippen molar-refractivity contribution in [2.75, 3.05) is 6.54 Å². The summed E-state index contributed by atoms with van der Waals surface area (Å²) in [6, 6.07) is 2.18.